The second-order valence-corrected chi connectivity index (χ2v) is 4.07. The van der Waals surface area contributed by atoms with Crippen LogP contribution in [0.4, 0.5) is 0 Å². The maximum absolute atomic E-state index is 5.79. The number of hydrogen-bond acceptors (Lipinski definition) is 2. The van der Waals surface area contributed by atoms with Crippen LogP contribution in [0.25, 0.3) is 0 Å². The number of alkyl halides is 1. The van der Waals surface area contributed by atoms with Crippen molar-refractivity contribution in [2.45, 2.75) is 20.3 Å². The van der Waals surface area contributed by atoms with Crippen LogP contribution in [-0.2, 0) is 13.5 Å². The molecule has 0 radical (unpaired) electrons. The SMILES string of the molecule is Cn1ncc(CC(C)(C)CCl)n1. The third-order valence-corrected chi connectivity index (χ3v) is 2.39. The third-order valence-electron chi connectivity index (χ3n) is 1.67. The van der Waals surface area contributed by atoms with E-state index in [4.69, 9.17) is 11.6 Å². The fourth-order valence-electron chi connectivity index (χ4n) is 1.01. The number of nitrogens with zero attached hydrogens (tertiary/aromatic N) is 3. The lowest BCUT2D eigenvalue weighted by Gasteiger charge is -2.18. The summed E-state index contributed by atoms with van der Waals surface area (Å²) in [6, 6.07) is 0. The standard InChI is InChI=1S/C8H14ClN3/c1-8(2,6-9)4-7-5-10-12(3)11-7/h5H,4,6H2,1-3H3. The van der Waals surface area contributed by atoms with Gasteiger partial charge in [0.1, 0.15) is 0 Å². The first kappa shape index (κ1) is 9.52. The van der Waals surface area contributed by atoms with Crippen molar-refractivity contribution in [2.24, 2.45) is 12.5 Å². The number of rotatable bonds is 3. The predicted octanol–water partition coefficient (Wildman–Crippen LogP) is 1.62. The van der Waals surface area contributed by atoms with Crippen LogP contribution in [0.2, 0.25) is 0 Å². The number of halogens is 1. The van der Waals surface area contributed by atoms with Crippen LogP contribution in [0.5, 0.6) is 0 Å². The summed E-state index contributed by atoms with van der Waals surface area (Å²) in [5.41, 5.74) is 1.11. The smallest absolute Gasteiger partial charge is 0.0832 e. The van der Waals surface area contributed by atoms with Gasteiger partial charge in [0.25, 0.3) is 0 Å². The van der Waals surface area contributed by atoms with Crippen molar-refractivity contribution < 1.29 is 0 Å². The average molecular weight is 188 g/mol. The van der Waals surface area contributed by atoms with Crippen LogP contribution in [0, 0.1) is 5.41 Å². The van der Waals surface area contributed by atoms with Crippen LogP contribution in [0.1, 0.15) is 19.5 Å². The topological polar surface area (TPSA) is 30.7 Å². The Morgan fingerprint density at radius 3 is 2.67 bits per heavy atom. The molecule has 12 heavy (non-hydrogen) atoms. The highest BCUT2D eigenvalue weighted by atomic mass is 35.5. The molecule has 0 amide bonds. The van der Waals surface area contributed by atoms with Crippen molar-refractivity contribution in [3.8, 4) is 0 Å². The summed E-state index contributed by atoms with van der Waals surface area (Å²) in [6.45, 7) is 4.24. The van der Waals surface area contributed by atoms with Gasteiger partial charge in [-0.3, -0.25) is 0 Å². The van der Waals surface area contributed by atoms with Gasteiger partial charge in [-0.05, 0) is 11.8 Å². The predicted molar refractivity (Wildman–Crippen MR) is 49.2 cm³/mol. The molecular weight excluding hydrogens is 174 g/mol. The molecule has 0 saturated carbocycles. The van der Waals surface area contributed by atoms with E-state index in [1.54, 1.807) is 11.0 Å². The molecule has 0 aliphatic carbocycles. The minimum absolute atomic E-state index is 0.109. The Balaban J connectivity index is 2.63. The summed E-state index contributed by atoms with van der Waals surface area (Å²) in [7, 11) is 1.82. The minimum atomic E-state index is 0.109. The van der Waals surface area contributed by atoms with Gasteiger partial charge in [0.05, 0.1) is 11.9 Å². The molecule has 0 aromatic carbocycles. The fourth-order valence-corrected chi connectivity index (χ4v) is 1.10. The van der Waals surface area contributed by atoms with Gasteiger partial charge in [0.15, 0.2) is 0 Å². The van der Waals surface area contributed by atoms with Crippen LogP contribution in [-0.4, -0.2) is 20.9 Å². The lowest BCUT2D eigenvalue weighted by molar-refractivity contribution is 0.411. The minimum Gasteiger partial charge on any atom is -0.188 e. The fraction of sp³-hybridized carbons (Fsp3) is 0.750. The first-order valence-electron chi connectivity index (χ1n) is 3.95. The Hall–Kier alpha value is -0.570. The number of aryl methyl sites for hydroxylation is 1. The molecule has 1 heterocycles. The van der Waals surface area contributed by atoms with Crippen molar-refractivity contribution in [1.29, 1.82) is 0 Å². The maximum Gasteiger partial charge on any atom is 0.0832 e. The van der Waals surface area contributed by atoms with Crippen molar-refractivity contribution in [2.75, 3.05) is 5.88 Å². The van der Waals surface area contributed by atoms with Crippen LogP contribution >= 0.6 is 11.6 Å². The lowest BCUT2D eigenvalue weighted by Crippen LogP contribution is -2.17. The molecule has 0 saturated heterocycles. The van der Waals surface area contributed by atoms with Gasteiger partial charge in [-0.1, -0.05) is 13.8 Å². The molecule has 1 aromatic rings. The molecule has 0 fully saturated rings. The molecule has 0 spiro atoms. The second kappa shape index (κ2) is 3.44. The number of aromatic nitrogens is 3. The van der Waals surface area contributed by atoms with Gasteiger partial charge in [-0.15, -0.1) is 11.6 Å². The molecule has 0 atom stereocenters. The van der Waals surface area contributed by atoms with E-state index in [1.807, 2.05) is 7.05 Å². The van der Waals surface area contributed by atoms with Crippen LogP contribution in [0.15, 0.2) is 6.20 Å². The van der Waals surface area contributed by atoms with Crippen LogP contribution < -0.4 is 0 Å². The molecule has 68 valence electrons. The zero-order chi connectivity index (χ0) is 9.19. The van der Waals surface area contributed by atoms with Gasteiger partial charge >= 0.3 is 0 Å². The van der Waals surface area contributed by atoms with E-state index in [1.165, 1.54) is 0 Å². The quantitative estimate of drug-likeness (QED) is 0.674. The highest BCUT2D eigenvalue weighted by molar-refractivity contribution is 6.18. The van der Waals surface area contributed by atoms with E-state index in [2.05, 4.69) is 24.0 Å². The molecule has 0 bridgehead atoms. The summed E-state index contributed by atoms with van der Waals surface area (Å²) < 4.78 is 0. The first-order chi connectivity index (χ1) is 5.53. The summed E-state index contributed by atoms with van der Waals surface area (Å²) in [6.07, 6.45) is 2.67. The maximum atomic E-state index is 5.79. The molecule has 0 unspecified atom stereocenters. The van der Waals surface area contributed by atoms with E-state index in [0.29, 0.717) is 5.88 Å². The van der Waals surface area contributed by atoms with Crippen molar-refractivity contribution >= 4 is 11.6 Å². The summed E-state index contributed by atoms with van der Waals surface area (Å²) in [4.78, 5) is 1.57. The Morgan fingerprint density at radius 1 is 1.58 bits per heavy atom. The second-order valence-electron chi connectivity index (χ2n) is 3.80. The van der Waals surface area contributed by atoms with Gasteiger partial charge in [-0.2, -0.15) is 15.0 Å². The van der Waals surface area contributed by atoms with E-state index in [9.17, 15) is 0 Å². The molecule has 0 aliphatic rings. The van der Waals surface area contributed by atoms with Gasteiger partial charge in [0.2, 0.25) is 0 Å². The van der Waals surface area contributed by atoms with Crippen molar-refractivity contribution in [1.82, 2.24) is 15.0 Å². The largest absolute Gasteiger partial charge is 0.188 e. The molecular formula is C8H14ClN3. The zero-order valence-corrected chi connectivity index (χ0v) is 8.47. The first-order valence-corrected chi connectivity index (χ1v) is 4.48. The molecule has 3 nitrogen and oxygen atoms in total. The lowest BCUT2D eigenvalue weighted by atomic mass is 9.91. The van der Waals surface area contributed by atoms with Gasteiger partial charge in [-0.25, -0.2) is 0 Å². The Bertz CT molecular complexity index is 255. The highest BCUT2D eigenvalue weighted by Gasteiger charge is 2.18. The van der Waals surface area contributed by atoms with Gasteiger partial charge < -0.3 is 0 Å². The summed E-state index contributed by atoms with van der Waals surface area (Å²) in [5, 5.41) is 8.19. The number of hydrogen-bond donors (Lipinski definition) is 0. The van der Waals surface area contributed by atoms with Crippen molar-refractivity contribution in [3.63, 3.8) is 0 Å². The van der Waals surface area contributed by atoms with Gasteiger partial charge in [0, 0.05) is 12.9 Å². The molecule has 4 heteroatoms. The monoisotopic (exact) mass is 187 g/mol. The van der Waals surface area contributed by atoms with E-state index in [0.717, 1.165) is 12.1 Å². The third kappa shape index (κ3) is 2.48. The molecule has 0 aliphatic heterocycles. The Morgan fingerprint density at radius 2 is 2.25 bits per heavy atom. The van der Waals surface area contributed by atoms with Crippen LogP contribution in [0.3, 0.4) is 0 Å². The molecule has 1 aromatic heterocycles. The molecule has 0 N–H and O–H groups in total. The normalized spacial score (nSPS) is 12.0. The van der Waals surface area contributed by atoms with E-state index < -0.39 is 0 Å². The highest BCUT2D eigenvalue weighted by Crippen LogP contribution is 2.21. The Kier molecular flexibility index (Phi) is 2.73. The van der Waals surface area contributed by atoms with E-state index in [-0.39, 0.29) is 5.41 Å². The Labute approximate surface area is 77.7 Å². The van der Waals surface area contributed by atoms with Crippen molar-refractivity contribution in [3.05, 3.63) is 11.9 Å². The average Bonchev–Trinajstić information content (AvgIpc) is 2.35. The summed E-state index contributed by atoms with van der Waals surface area (Å²) in [5.74, 6) is 0.642. The molecule has 1 rings (SSSR count). The zero-order valence-electron chi connectivity index (χ0n) is 7.71. The van der Waals surface area contributed by atoms with E-state index >= 15 is 0 Å². The summed E-state index contributed by atoms with van der Waals surface area (Å²) >= 11 is 5.79.